The van der Waals surface area contributed by atoms with Crippen molar-refractivity contribution in [3.63, 3.8) is 0 Å². The zero-order valence-corrected chi connectivity index (χ0v) is 15.1. The maximum Gasteiger partial charge on any atom is -0.0150 e. The Bertz CT molecular complexity index is 713. The van der Waals surface area contributed by atoms with Crippen LogP contribution < -0.4 is 0 Å². The number of allylic oxidation sites excluding steroid dienone is 3. The van der Waals surface area contributed by atoms with Crippen molar-refractivity contribution in [2.75, 3.05) is 0 Å². The van der Waals surface area contributed by atoms with E-state index in [-0.39, 0.29) is 0 Å². The molecule has 1 unspecified atom stereocenters. The van der Waals surface area contributed by atoms with Crippen molar-refractivity contribution in [2.24, 2.45) is 0 Å². The summed E-state index contributed by atoms with van der Waals surface area (Å²) < 4.78 is 0. The van der Waals surface area contributed by atoms with Crippen molar-refractivity contribution in [3.8, 4) is 0 Å². The molecule has 0 aliphatic heterocycles. The van der Waals surface area contributed by atoms with Crippen LogP contribution in [0.2, 0.25) is 0 Å². The Morgan fingerprint density at radius 3 is 2.26 bits per heavy atom. The van der Waals surface area contributed by atoms with Crippen molar-refractivity contribution in [1.82, 2.24) is 0 Å². The van der Waals surface area contributed by atoms with Crippen LogP contribution in [0.1, 0.15) is 55.4 Å². The third-order valence-corrected chi connectivity index (χ3v) is 4.44. The topological polar surface area (TPSA) is 0 Å². The first-order chi connectivity index (χ1) is 10.9. The molecule has 0 N–H and O–H groups in total. The van der Waals surface area contributed by atoms with E-state index in [9.17, 15) is 0 Å². The maximum atomic E-state index is 4.43. The van der Waals surface area contributed by atoms with Gasteiger partial charge in [0.25, 0.3) is 0 Å². The lowest BCUT2D eigenvalue weighted by Gasteiger charge is -2.20. The lowest BCUT2D eigenvalue weighted by Crippen LogP contribution is -2.00. The standard InChI is InChI=1S/C23H28/c1-16(2)23(22-14-17(3)12-13-18(22)4)20(6)15-19(5)21-10-8-7-9-11-21/h7-14,19H,6,15H2,1-5H3. The minimum atomic E-state index is 0.475. The molecule has 0 aliphatic carbocycles. The van der Waals surface area contributed by atoms with E-state index in [0.29, 0.717) is 5.92 Å². The van der Waals surface area contributed by atoms with E-state index >= 15 is 0 Å². The lowest BCUT2D eigenvalue weighted by molar-refractivity contribution is 0.765. The third-order valence-electron chi connectivity index (χ3n) is 4.44. The molecular weight excluding hydrogens is 276 g/mol. The molecule has 0 amide bonds. The fourth-order valence-corrected chi connectivity index (χ4v) is 3.19. The molecule has 0 heteroatoms. The summed E-state index contributed by atoms with van der Waals surface area (Å²) >= 11 is 0. The van der Waals surface area contributed by atoms with E-state index in [0.717, 1.165) is 6.42 Å². The Kier molecular flexibility index (Phi) is 5.60. The van der Waals surface area contributed by atoms with Gasteiger partial charge in [0.05, 0.1) is 0 Å². The first-order valence-corrected chi connectivity index (χ1v) is 8.38. The molecule has 120 valence electrons. The highest BCUT2D eigenvalue weighted by Gasteiger charge is 2.14. The fourth-order valence-electron chi connectivity index (χ4n) is 3.19. The molecule has 0 aliphatic rings. The summed E-state index contributed by atoms with van der Waals surface area (Å²) in [7, 11) is 0. The number of hydrogen-bond donors (Lipinski definition) is 0. The number of benzene rings is 2. The minimum Gasteiger partial charge on any atom is -0.0952 e. The van der Waals surface area contributed by atoms with Gasteiger partial charge in [-0.1, -0.05) is 73.2 Å². The summed E-state index contributed by atoms with van der Waals surface area (Å²) in [5.74, 6) is 0.475. The van der Waals surface area contributed by atoms with Crippen LogP contribution in [0.5, 0.6) is 0 Å². The first kappa shape index (κ1) is 17.3. The third kappa shape index (κ3) is 4.22. The molecule has 23 heavy (non-hydrogen) atoms. The van der Waals surface area contributed by atoms with E-state index in [4.69, 9.17) is 0 Å². The van der Waals surface area contributed by atoms with E-state index in [1.807, 2.05) is 0 Å². The first-order valence-electron chi connectivity index (χ1n) is 8.38. The quantitative estimate of drug-likeness (QED) is 0.530. The molecule has 0 radical (unpaired) electrons. The zero-order chi connectivity index (χ0) is 17.0. The zero-order valence-electron chi connectivity index (χ0n) is 15.1. The highest BCUT2D eigenvalue weighted by Crippen LogP contribution is 2.34. The summed E-state index contributed by atoms with van der Waals surface area (Å²) in [4.78, 5) is 0. The molecule has 0 bridgehead atoms. The molecule has 0 fully saturated rings. The smallest absolute Gasteiger partial charge is 0.0150 e. The van der Waals surface area contributed by atoms with Crippen LogP contribution in [-0.4, -0.2) is 0 Å². The van der Waals surface area contributed by atoms with Gasteiger partial charge in [0, 0.05) is 0 Å². The van der Waals surface area contributed by atoms with Crippen molar-refractivity contribution >= 4 is 5.57 Å². The Hall–Kier alpha value is -2.08. The van der Waals surface area contributed by atoms with E-state index in [2.05, 4.69) is 89.7 Å². The van der Waals surface area contributed by atoms with Gasteiger partial charge in [0.2, 0.25) is 0 Å². The largest absolute Gasteiger partial charge is 0.0952 e. The molecule has 0 nitrogen and oxygen atoms in total. The van der Waals surface area contributed by atoms with Crippen LogP contribution in [0.3, 0.4) is 0 Å². The highest BCUT2D eigenvalue weighted by atomic mass is 14.2. The second kappa shape index (κ2) is 7.46. The van der Waals surface area contributed by atoms with Crippen LogP contribution in [0.15, 0.2) is 66.3 Å². The summed E-state index contributed by atoms with van der Waals surface area (Å²) in [5.41, 5.74) is 9.22. The monoisotopic (exact) mass is 304 g/mol. The van der Waals surface area contributed by atoms with Crippen LogP contribution in [0.4, 0.5) is 0 Å². The van der Waals surface area contributed by atoms with Gasteiger partial charge >= 0.3 is 0 Å². The van der Waals surface area contributed by atoms with E-state index in [1.165, 1.54) is 39.0 Å². The van der Waals surface area contributed by atoms with Gasteiger partial charge in [-0.25, -0.2) is 0 Å². The van der Waals surface area contributed by atoms with Crippen LogP contribution in [0.25, 0.3) is 5.57 Å². The normalized spacial score (nSPS) is 11.9. The Balaban J connectivity index is 2.31. The van der Waals surface area contributed by atoms with Crippen LogP contribution in [0, 0.1) is 13.8 Å². The van der Waals surface area contributed by atoms with Gasteiger partial charge in [-0.15, -0.1) is 0 Å². The molecule has 2 aromatic rings. The Morgan fingerprint density at radius 1 is 1.00 bits per heavy atom. The highest BCUT2D eigenvalue weighted by molar-refractivity contribution is 5.82. The van der Waals surface area contributed by atoms with Crippen molar-refractivity contribution < 1.29 is 0 Å². The van der Waals surface area contributed by atoms with Crippen molar-refractivity contribution in [3.05, 3.63) is 88.5 Å². The molecule has 0 saturated carbocycles. The van der Waals surface area contributed by atoms with Crippen molar-refractivity contribution in [2.45, 2.75) is 47.0 Å². The van der Waals surface area contributed by atoms with Gasteiger partial charge in [-0.05, 0) is 67.9 Å². The van der Waals surface area contributed by atoms with Gasteiger partial charge in [-0.2, -0.15) is 0 Å². The van der Waals surface area contributed by atoms with Crippen LogP contribution in [-0.2, 0) is 0 Å². The average Bonchev–Trinajstić information content (AvgIpc) is 2.51. The molecule has 0 spiro atoms. The summed E-state index contributed by atoms with van der Waals surface area (Å²) in [5, 5.41) is 0. The molecule has 0 heterocycles. The second-order valence-electron chi connectivity index (χ2n) is 6.81. The number of rotatable bonds is 5. The Labute approximate surface area is 141 Å². The maximum absolute atomic E-state index is 4.43. The number of hydrogen-bond acceptors (Lipinski definition) is 0. The average molecular weight is 304 g/mol. The Morgan fingerprint density at radius 2 is 1.65 bits per heavy atom. The van der Waals surface area contributed by atoms with Gasteiger partial charge in [0.1, 0.15) is 0 Å². The summed E-state index contributed by atoms with van der Waals surface area (Å²) in [6.07, 6.45) is 0.984. The molecule has 1 atom stereocenters. The van der Waals surface area contributed by atoms with Crippen molar-refractivity contribution in [1.29, 1.82) is 0 Å². The lowest BCUT2D eigenvalue weighted by atomic mass is 9.85. The molecule has 2 rings (SSSR count). The SMILES string of the molecule is C=C(CC(C)c1ccccc1)C(=C(C)C)c1cc(C)ccc1C. The van der Waals surface area contributed by atoms with E-state index < -0.39 is 0 Å². The molecule has 2 aromatic carbocycles. The molecule has 0 aromatic heterocycles. The fraction of sp³-hybridized carbons (Fsp3) is 0.304. The van der Waals surface area contributed by atoms with E-state index in [1.54, 1.807) is 0 Å². The summed E-state index contributed by atoms with van der Waals surface area (Å²) in [6.45, 7) is 15.4. The van der Waals surface area contributed by atoms with Gasteiger partial charge in [0.15, 0.2) is 0 Å². The minimum absolute atomic E-state index is 0.475. The predicted octanol–water partition coefficient (Wildman–Crippen LogP) is 6.85. The van der Waals surface area contributed by atoms with Crippen LogP contribution >= 0.6 is 0 Å². The van der Waals surface area contributed by atoms with Gasteiger partial charge < -0.3 is 0 Å². The second-order valence-corrected chi connectivity index (χ2v) is 6.81. The predicted molar refractivity (Wildman–Crippen MR) is 103 cm³/mol. The summed E-state index contributed by atoms with van der Waals surface area (Å²) in [6, 6.07) is 17.4. The molecule has 0 saturated heterocycles. The molecular formula is C23H28. The van der Waals surface area contributed by atoms with Gasteiger partial charge in [-0.3, -0.25) is 0 Å². The number of aryl methyl sites for hydroxylation is 2.